The third-order valence-electron chi connectivity index (χ3n) is 4.79. The number of carboxylic acid groups (broad SMARTS) is 5. The molecule has 1 saturated heterocycles. The van der Waals surface area contributed by atoms with E-state index in [1.54, 1.807) is 0 Å². The Morgan fingerprint density at radius 3 is 1.72 bits per heavy atom. The molecular formula is C16H18NO15-5. The highest BCUT2D eigenvalue weighted by Gasteiger charge is 2.67. The average Bonchev–Trinajstić information content (AvgIpc) is 2.64. The maximum atomic E-state index is 11.6. The van der Waals surface area contributed by atoms with Crippen LogP contribution in [0, 0.1) is 0 Å². The summed E-state index contributed by atoms with van der Waals surface area (Å²) in [5.74, 6) is -13.7. The summed E-state index contributed by atoms with van der Waals surface area (Å²) in [4.78, 5) is 56.6. The van der Waals surface area contributed by atoms with Crippen molar-refractivity contribution in [2.24, 2.45) is 0 Å². The van der Waals surface area contributed by atoms with Gasteiger partial charge in [-0.15, -0.1) is 0 Å². The standard InChI is InChI=1S/C16H23NO15/c18-5-7-13(29)14(30)15(1-8(19)20,17(3-10(23)24)4-11(25)26)16(32-7,2-9(21)22)31-6-12(27)28/h7,13-14,18,29-30H,1-6H2,(H,19,20)(H,21,22)(H,23,24)(H,25,26)(H,27,28)/p-5/t7-,13-,14+,15-,16-/m1/s1. The van der Waals surface area contributed by atoms with Crippen molar-refractivity contribution in [2.45, 2.75) is 42.5 Å². The quantitative estimate of drug-likeness (QED) is 0.228. The molecule has 0 bridgehead atoms. The number of nitrogens with zero attached hydrogens (tertiary/aromatic N) is 1. The Balaban J connectivity index is 3.98. The Kier molecular flexibility index (Phi) is 9.01. The number of aliphatic hydroxyl groups excluding tert-OH is 3. The fourth-order valence-electron chi connectivity index (χ4n) is 3.69. The number of rotatable bonds is 13. The molecule has 0 aliphatic carbocycles. The number of aliphatic carboxylic acids is 5. The molecule has 0 aromatic rings. The second kappa shape index (κ2) is 10.6. The number of hydrogen-bond donors (Lipinski definition) is 3. The van der Waals surface area contributed by atoms with Crippen molar-refractivity contribution in [1.82, 2.24) is 4.90 Å². The van der Waals surface area contributed by atoms with Gasteiger partial charge in [0, 0.05) is 37.9 Å². The van der Waals surface area contributed by atoms with Gasteiger partial charge in [0.2, 0.25) is 0 Å². The van der Waals surface area contributed by atoms with Crippen LogP contribution in [0.25, 0.3) is 0 Å². The Labute approximate surface area is 178 Å². The van der Waals surface area contributed by atoms with Crippen molar-refractivity contribution in [3.05, 3.63) is 0 Å². The van der Waals surface area contributed by atoms with E-state index in [1.807, 2.05) is 0 Å². The van der Waals surface area contributed by atoms with E-state index in [9.17, 15) is 64.8 Å². The van der Waals surface area contributed by atoms with Gasteiger partial charge >= 0.3 is 0 Å². The molecule has 3 N–H and O–H groups in total. The zero-order chi connectivity index (χ0) is 24.9. The molecule has 0 amide bonds. The van der Waals surface area contributed by atoms with Gasteiger partial charge < -0.3 is 74.3 Å². The molecule has 1 aliphatic heterocycles. The van der Waals surface area contributed by atoms with Crippen LogP contribution in [0.2, 0.25) is 0 Å². The van der Waals surface area contributed by atoms with Crippen LogP contribution in [0.4, 0.5) is 0 Å². The largest absolute Gasteiger partial charge is 0.550 e. The van der Waals surface area contributed by atoms with Crippen LogP contribution in [0.5, 0.6) is 0 Å². The SMILES string of the molecule is O=C([O-])CO[C@]1(CC(=O)[O-])O[C@H](CO)[C@@H](O)[C@H](O)[C@@]1(CC(=O)[O-])N(CC(=O)[O-])CC(=O)[O-]. The molecule has 0 spiro atoms. The molecule has 1 aliphatic rings. The summed E-state index contributed by atoms with van der Waals surface area (Å²) in [5.41, 5.74) is -3.16. The van der Waals surface area contributed by atoms with Crippen molar-refractivity contribution in [3.63, 3.8) is 0 Å². The smallest absolute Gasteiger partial charge is 0.196 e. The summed E-state index contributed by atoms with van der Waals surface area (Å²) < 4.78 is 10.1. The third-order valence-corrected chi connectivity index (χ3v) is 4.79. The van der Waals surface area contributed by atoms with Gasteiger partial charge in [-0.25, -0.2) is 0 Å². The van der Waals surface area contributed by atoms with Crippen molar-refractivity contribution < 1.29 is 74.3 Å². The summed E-state index contributed by atoms with van der Waals surface area (Å²) in [6.07, 6.45) is -10.1. The highest BCUT2D eigenvalue weighted by atomic mass is 16.7. The Morgan fingerprint density at radius 2 is 1.34 bits per heavy atom. The van der Waals surface area contributed by atoms with Crippen LogP contribution in [-0.4, -0.2) is 106 Å². The third kappa shape index (κ3) is 5.67. The first-order chi connectivity index (χ1) is 14.7. The first kappa shape index (κ1) is 27.1. The number of carbonyl (C=O) groups is 5. The Bertz CT molecular complexity index is 740. The number of carboxylic acids is 5. The lowest BCUT2D eigenvalue weighted by Crippen LogP contribution is -2.82. The minimum atomic E-state index is -3.23. The second-order valence-corrected chi connectivity index (χ2v) is 6.81. The minimum absolute atomic E-state index is 0.0904. The number of hydrogen-bond acceptors (Lipinski definition) is 16. The lowest BCUT2D eigenvalue weighted by Gasteiger charge is -2.62. The summed E-state index contributed by atoms with van der Waals surface area (Å²) in [6, 6.07) is 0. The van der Waals surface area contributed by atoms with Crippen molar-refractivity contribution in [2.75, 3.05) is 26.3 Å². The van der Waals surface area contributed by atoms with Crippen LogP contribution in [-0.2, 0) is 33.4 Å². The van der Waals surface area contributed by atoms with Crippen LogP contribution in [0.15, 0.2) is 0 Å². The molecule has 1 rings (SSSR count). The molecule has 182 valence electrons. The highest BCUT2D eigenvalue weighted by molar-refractivity contribution is 5.73. The monoisotopic (exact) mass is 464 g/mol. The number of carbonyl (C=O) groups excluding carboxylic acids is 5. The minimum Gasteiger partial charge on any atom is -0.550 e. The van der Waals surface area contributed by atoms with E-state index in [1.165, 1.54) is 0 Å². The maximum absolute atomic E-state index is 11.6. The maximum Gasteiger partial charge on any atom is 0.196 e. The van der Waals surface area contributed by atoms with E-state index in [0.717, 1.165) is 0 Å². The molecule has 0 saturated carbocycles. The van der Waals surface area contributed by atoms with Crippen LogP contribution in [0.3, 0.4) is 0 Å². The zero-order valence-corrected chi connectivity index (χ0v) is 16.2. The normalized spacial score (nSPS) is 30.1. The molecular weight excluding hydrogens is 446 g/mol. The zero-order valence-electron chi connectivity index (χ0n) is 16.2. The molecule has 16 nitrogen and oxygen atoms in total. The molecule has 0 aromatic carbocycles. The molecule has 16 heteroatoms. The molecule has 5 atom stereocenters. The van der Waals surface area contributed by atoms with Gasteiger partial charge in [0.15, 0.2) is 5.79 Å². The number of ether oxygens (including phenoxy) is 2. The fourth-order valence-corrected chi connectivity index (χ4v) is 3.69. The second-order valence-electron chi connectivity index (χ2n) is 6.81. The van der Waals surface area contributed by atoms with Gasteiger partial charge in [-0.2, -0.15) is 0 Å². The van der Waals surface area contributed by atoms with E-state index in [2.05, 4.69) is 0 Å². The lowest BCUT2D eigenvalue weighted by atomic mass is 9.71. The van der Waals surface area contributed by atoms with Crippen molar-refractivity contribution in [3.8, 4) is 0 Å². The molecule has 1 heterocycles. The predicted octanol–water partition coefficient (Wildman–Crippen LogP) is -10.6. The van der Waals surface area contributed by atoms with E-state index in [-0.39, 0.29) is 4.90 Å². The van der Waals surface area contributed by atoms with Gasteiger partial charge in [0.25, 0.3) is 0 Å². The molecule has 0 aromatic heterocycles. The van der Waals surface area contributed by atoms with Crippen molar-refractivity contribution in [1.29, 1.82) is 0 Å². The Hall–Kier alpha value is -2.89. The van der Waals surface area contributed by atoms with Crippen LogP contribution < -0.4 is 25.5 Å². The summed E-state index contributed by atoms with van der Waals surface area (Å²) in [7, 11) is 0. The van der Waals surface area contributed by atoms with Gasteiger partial charge in [0.05, 0.1) is 31.1 Å². The average molecular weight is 464 g/mol. The van der Waals surface area contributed by atoms with Crippen LogP contribution >= 0.6 is 0 Å². The summed E-state index contributed by atoms with van der Waals surface area (Å²) >= 11 is 0. The van der Waals surface area contributed by atoms with E-state index in [4.69, 9.17) is 9.47 Å². The molecule has 1 fully saturated rings. The summed E-state index contributed by atoms with van der Waals surface area (Å²) in [6.45, 7) is -5.76. The van der Waals surface area contributed by atoms with Gasteiger partial charge in [-0.05, 0) is 0 Å². The molecule has 0 unspecified atom stereocenters. The fraction of sp³-hybridized carbons (Fsp3) is 0.688. The molecule has 0 radical (unpaired) electrons. The highest BCUT2D eigenvalue weighted by Crippen LogP contribution is 2.47. The van der Waals surface area contributed by atoms with Crippen LogP contribution in [0.1, 0.15) is 12.8 Å². The Morgan fingerprint density at radius 1 is 0.844 bits per heavy atom. The molecule has 32 heavy (non-hydrogen) atoms. The van der Waals surface area contributed by atoms with Crippen molar-refractivity contribution >= 4 is 29.8 Å². The predicted molar refractivity (Wildman–Crippen MR) is 81.2 cm³/mol. The topological polar surface area (TPSA) is 283 Å². The first-order valence-electron chi connectivity index (χ1n) is 8.75. The van der Waals surface area contributed by atoms with Gasteiger partial charge in [0.1, 0.15) is 23.9 Å². The first-order valence-corrected chi connectivity index (χ1v) is 8.75. The number of aliphatic hydroxyl groups is 3. The van der Waals surface area contributed by atoms with E-state index >= 15 is 0 Å². The van der Waals surface area contributed by atoms with E-state index < -0.39 is 98.6 Å². The van der Waals surface area contributed by atoms with Gasteiger partial charge in [-0.1, -0.05) is 0 Å². The summed E-state index contributed by atoms with van der Waals surface area (Å²) in [5, 5.41) is 87.0. The lowest BCUT2D eigenvalue weighted by molar-refractivity contribution is -0.404. The van der Waals surface area contributed by atoms with Gasteiger partial charge in [-0.3, -0.25) is 4.90 Å². The van der Waals surface area contributed by atoms with E-state index in [0.29, 0.717) is 0 Å².